The maximum atomic E-state index is 13.5. The molecule has 0 spiro atoms. The van der Waals surface area contributed by atoms with Gasteiger partial charge >= 0.3 is 5.97 Å². The summed E-state index contributed by atoms with van der Waals surface area (Å²) in [5, 5.41) is 8.66. The zero-order chi connectivity index (χ0) is 12.1. The zero-order valence-corrected chi connectivity index (χ0v) is 10.5. The molecular weight excluding hydrogens is 277 g/mol. The van der Waals surface area contributed by atoms with Gasteiger partial charge in [-0.25, -0.2) is 4.39 Å². The van der Waals surface area contributed by atoms with Gasteiger partial charge in [0.2, 0.25) is 0 Å². The monoisotopic (exact) mass is 289 g/mol. The summed E-state index contributed by atoms with van der Waals surface area (Å²) in [6.07, 6.45) is 0. The molecule has 1 N–H and O–H groups in total. The fourth-order valence-electron chi connectivity index (χ4n) is 1.36. The number of hydrogen-bond donors (Lipinski definition) is 1. The van der Waals surface area contributed by atoms with E-state index in [4.69, 9.17) is 5.11 Å². The molecule has 0 aliphatic carbocycles. The van der Waals surface area contributed by atoms with E-state index in [1.807, 2.05) is 6.92 Å². The molecule has 0 atom stereocenters. The van der Waals surface area contributed by atoms with Crippen LogP contribution in [0.4, 0.5) is 4.39 Å². The van der Waals surface area contributed by atoms with Crippen molar-refractivity contribution in [2.75, 3.05) is 13.1 Å². The minimum absolute atomic E-state index is 0.0774. The third-order valence-electron chi connectivity index (χ3n) is 2.22. The molecule has 0 heterocycles. The highest BCUT2D eigenvalue weighted by molar-refractivity contribution is 9.10. The molecular formula is C11H13BrFNO2. The maximum Gasteiger partial charge on any atom is 0.317 e. The molecule has 0 aliphatic rings. The van der Waals surface area contributed by atoms with Gasteiger partial charge in [-0.05, 0) is 18.7 Å². The van der Waals surface area contributed by atoms with Crippen molar-refractivity contribution in [3.63, 3.8) is 0 Å². The average molecular weight is 290 g/mol. The Bertz CT molecular complexity index is 384. The van der Waals surface area contributed by atoms with Crippen LogP contribution in [0.25, 0.3) is 0 Å². The topological polar surface area (TPSA) is 40.5 Å². The lowest BCUT2D eigenvalue weighted by molar-refractivity contribution is -0.138. The Morgan fingerprint density at radius 1 is 1.56 bits per heavy atom. The predicted molar refractivity (Wildman–Crippen MR) is 62.7 cm³/mol. The first-order valence-corrected chi connectivity index (χ1v) is 5.70. The van der Waals surface area contributed by atoms with Crippen molar-refractivity contribution in [2.24, 2.45) is 0 Å². The summed E-state index contributed by atoms with van der Waals surface area (Å²) in [5.41, 5.74) is 0.506. The molecule has 0 radical (unpaired) electrons. The van der Waals surface area contributed by atoms with Crippen molar-refractivity contribution in [3.05, 3.63) is 34.1 Å². The smallest absolute Gasteiger partial charge is 0.317 e. The first kappa shape index (κ1) is 13.1. The van der Waals surface area contributed by atoms with Crippen LogP contribution >= 0.6 is 15.9 Å². The van der Waals surface area contributed by atoms with Crippen molar-refractivity contribution < 1.29 is 14.3 Å². The SMILES string of the molecule is CCN(CC(=O)O)Cc1ccc(Br)cc1F. The zero-order valence-electron chi connectivity index (χ0n) is 8.91. The molecule has 1 rings (SSSR count). The van der Waals surface area contributed by atoms with E-state index in [0.717, 1.165) is 0 Å². The fourth-order valence-corrected chi connectivity index (χ4v) is 1.69. The van der Waals surface area contributed by atoms with Crippen molar-refractivity contribution in [3.8, 4) is 0 Å². The number of carboxylic acids is 1. The second-order valence-electron chi connectivity index (χ2n) is 3.43. The Labute approximate surface area is 102 Å². The van der Waals surface area contributed by atoms with Gasteiger partial charge in [-0.2, -0.15) is 0 Å². The van der Waals surface area contributed by atoms with Gasteiger partial charge in [0.05, 0.1) is 6.54 Å². The molecule has 16 heavy (non-hydrogen) atoms. The van der Waals surface area contributed by atoms with Crippen molar-refractivity contribution >= 4 is 21.9 Å². The average Bonchev–Trinajstić information content (AvgIpc) is 2.20. The molecule has 0 amide bonds. The minimum atomic E-state index is -0.903. The number of aliphatic carboxylic acids is 1. The summed E-state index contributed by atoms with van der Waals surface area (Å²) >= 11 is 3.17. The van der Waals surface area contributed by atoms with Gasteiger partial charge in [0.15, 0.2) is 0 Å². The summed E-state index contributed by atoms with van der Waals surface area (Å²) in [6.45, 7) is 2.65. The minimum Gasteiger partial charge on any atom is -0.480 e. The summed E-state index contributed by atoms with van der Waals surface area (Å²) in [4.78, 5) is 12.2. The molecule has 1 aromatic rings. The standard InChI is InChI=1S/C11H13BrFNO2/c1-2-14(7-11(15)16)6-8-3-4-9(12)5-10(8)13/h3-5H,2,6-7H2,1H3,(H,15,16). The molecule has 88 valence electrons. The molecule has 5 heteroatoms. The molecule has 0 bridgehead atoms. The van der Waals surface area contributed by atoms with E-state index in [2.05, 4.69) is 15.9 Å². The summed E-state index contributed by atoms with van der Waals surface area (Å²) in [6, 6.07) is 4.78. The lowest BCUT2D eigenvalue weighted by Crippen LogP contribution is -2.29. The van der Waals surface area contributed by atoms with Gasteiger partial charge in [0, 0.05) is 16.6 Å². The van der Waals surface area contributed by atoms with Crippen LogP contribution in [0.5, 0.6) is 0 Å². The Hall–Kier alpha value is -0.940. The van der Waals surface area contributed by atoms with Crippen molar-refractivity contribution in [2.45, 2.75) is 13.5 Å². The quantitative estimate of drug-likeness (QED) is 0.905. The number of nitrogens with zero attached hydrogens (tertiary/aromatic N) is 1. The van der Waals surface area contributed by atoms with Crippen LogP contribution < -0.4 is 0 Å². The molecule has 1 aromatic carbocycles. The van der Waals surface area contributed by atoms with Crippen LogP contribution in [-0.4, -0.2) is 29.1 Å². The van der Waals surface area contributed by atoms with E-state index in [0.29, 0.717) is 23.1 Å². The highest BCUT2D eigenvalue weighted by atomic mass is 79.9. The van der Waals surface area contributed by atoms with E-state index in [-0.39, 0.29) is 12.4 Å². The normalized spacial score (nSPS) is 10.8. The lowest BCUT2D eigenvalue weighted by atomic mass is 10.2. The molecule has 0 saturated carbocycles. The third-order valence-corrected chi connectivity index (χ3v) is 2.71. The number of carboxylic acid groups (broad SMARTS) is 1. The summed E-state index contributed by atoms with van der Waals surface area (Å²) in [7, 11) is 0. The summed E-state index contributed by atoms with van der Waals surface area (Å²) < 4.78 is 14.2. The highest BCUT2D eigenvalue weighted by Gasteiger charge is 2.11. The van der Waals surface area contributed by atoms with Gasteiger partial charge in [-0.3, -0.25) is 9.69 Å². The molecule has 0 fully saturated rings. The Morgan fingerprint density at radius 2 is 2.25 bits per heavy atom. The van der Waals surface area contributed by atoms with Crippen LogP contribution in [0, 0.1) is 5.82 Å². The maximum absolute atomic E-state index is 13.5. The van der Waals surface area contributed by atoms with Crippen LogP contribution in [0.3, 0.4) is 0 Å². The largest absolute Gasteiger partial charge is 0.480 e. The number of hydrogen-bond acceptors (Lipinski definition) is 2. The van der Waals surface area contributed by atoms with Gasteiger partial charge < -0.3 is 5.11 Å². The Morgan fingerprint density at radius 3 is 2.75 bits per heavy atom. The molecule has 0 saturated heterocycles. The van der Waals surface area contributed by atoms with Gasteiger partial charge in [0.1, 0.15) is 5.82 Å². The van der Waals surface area contributed by atoms with Gasteiger partial charge in [0.25, 0.3) is 0 Å². The second-order valence-corrected chi connectivity index (χ2v) is 4.35. The molecule has 0 aliphatic heterocycles. The molecule has 3 nitrogen and oxygen atoms in total. The number of halogens is 2. The van der Waals surface area contributed by atoms with E-state index < -0.39 is 5.97 Å². The predicted octanol–water partition coefficient (Wildman–Crippen LogP) is 2.49. The Kier molecular flexibility index (Phi) is 4.89. The first-order valence-electron chi connectivity index (χ1n) is 4.91. The lowest BCUT2D eigenvalue weighted by Gasteiger charge is -2.18. The van der Waals surface area contributed by atoms with Crippen LogP contribution in [-0.2, 0) is 11.3 Å². The highest BCUT2D eigenvalue weighted by Crippen LogP contribution is 2.16. The molecule has 0 unspecified atom stereocenters. The molecule has 0 aromatic heterocycles. The van der Waals surface area contributed by atoms with Crippen LogP contribution in [0.1, 0.15) is 12.5 Å². The van der Waals surface area contributed by atoms with E-state index in [1.54, 1.807) is 17.0 Å². The summed E-state index contributed by atoms with van der Waals surface area (Å²) in [5.74, 6) is -1.22. The van der Waals surface area contributed by atoms with Gasteiger partial charge in [-0.15, -0.1) is 0 Å². The third kappa shape index (κ3) is 3.90. The van der Waals surface area contributed by atoms with Gasteiger partial charge in [-0.1, -0.05) is 28.9 Å². The van der Waals surface area contributed by atoms with Crippen molar-refractivity contribution in [1.82, 2.24) is 4.90 Å². The number of carbonyl (C=O) groups is 1. The van der Waals surface area contributed by atoms with E-state index >= 15 is 0 Å². The number of benzene rings is 1. The number of likely N-dealkylation sites (N-methyl/N-ethyl adjacent to an activating group) is 1. The van der Waals surface area contributed by atoms with Crippen LogP contribution in [0.2, 0.25) is 0 Å². The van der Waals surface area contributed by atoms with Crippen LogP contribution in [0.15, 0.2) is 22.7 Å². The van der Waals surface area contributed by atoms with E-state index in [1.165, 1.54) is 6.07 Å². The first-order chi connectivity index (χ1) is 7.52. The van der Waals surface area contributed by atoms with Crippen molar-refractivity contribution in [1.29, 1.82) is 0 Å². The number of rotatable bonds is 5. The second kappa shape index (κ2) is 5.96. The van der Waals surface area contributed by atoms with E-state index in [9.17, 15) is 9.18 Å². The Balaban J connectivity index is 2.73. The fraction of sp³-hybridized carbons (Fsp3) is 0.364.